The SMILES string of the molecule is CN=Nc1c(S(=O)(=O)O)cc2cc(SOOO)c(N=Cc3ccc4cc(SOOO)c(N=Nc5ccc(OC)cc5S(=O)(=O)O)c(O)c4c3)c(N)c2c1O.COc1ccc(N=Nc2c(S(=O)(=O)O)cc3cc(C)ccc3c2O)c(SOOO)c1. The Morgan fingerprint density at radius 3 is 1.62 bits per heavy atom. The van der Waals surface area contributed by atoms with Gasteiger partial charge in [-0.1, -0.05) is 51.0 Å². The van der Waals surface area contributed by atoms with Crippen molar-refractivity contribution in [2.75, 3.05) is 27.0 Å². The molecule has 0 atom stereocenters. The molecule has 37 heteroatoms. The fourth-order valence-corrected chi connectivity index (χ4v) is 11.1. The monoisotopic (exact) mass is 1280 g/mol. The molecule has 0 aromatic heterocycles. The lowest BCUT2D eigenvalue weighted by Crippen LogP contribution is -2.00. The van der Waals surface area contributed by atoms with Crippen molar-refractivity contribution < 1.29 is 108 Å². The van der Waals surface area contributed by atoms with Gasteiger partial charge in [-0.15, -0.1) is 33.5 Å². The quantitative estimate of drug-likeness (QED) is 0.00607. The van der Waals surface area contributed by atoms with Crippen molar-refractivity contribution in [1.82, 2.24) is 0 Å². The Bertz CT molecular complexity index is 4330. The summed E-state index contributed by atoms with van der Waals surface area (Å²) < 4.78 is 125. The molecule has 0 bridgehead atoms. The number of nitrogens with two attached hydrogens (primary N) is 1. The second-order valence-electron chi connectivity index (χ2n) is 16.4. The van der Waals surface area contributed by atoms with E-state index in [0.717, 1.165) is 17.7 Å². The van der Waals surface area contributed by atoms with Crippen LogP contribution >= 0.6 is 36.1 Å². The van der Waals surface area contributed by atoms with Crippen LogP contribution in [0.15, 0.2) is 162 Å². The average Bonchev–Trinajstić information content (AvgIpc) is 1.25. The number of anilines is 1. The van der Waals surface area contributed by atoms with E-state index in [-0.39, 0.29) is 60.1 Å². The van der Waals surface area contributed by atoms with Crippen molar-refractivity contribution in [3.05, 3.63) is 108 Å². The van der Waals surface area contributed by atoms with Gasteiger partial charge in [-0.05, 0) is 89.3 Å². The Kier molecular flexibility index (Phi) is 20.7. The number of hydrogen-bond acceptors (Lipinski definition) is 31. The molecule has 0 saturated heterocycles. The lowest BCUT2D eigenvalue weighted by atomic mass is 10.0. The van der Waals surface area contributed by atoms with E-state index >= 15 is 0 Å². The molecule has 0 heterocycles. The topological polar surface area (TPSA) is 471 Å². The van der Waals surface area contributed by atoms with Crippen LogP contribution in [0, 0.1) is 6.92 Å². The van der Waals surface area contributed by atoms with Gasteiger partial charge in [0.05, 0.1) is 76.1 Å². The van der Waals surface area contributed by atoms with Crippen LogP contribution in [0.3, 0.4) is 0 Å². The summed E-state index contributed by atoms with van der Waals surface area (Å²) in [6, 6.07) is 22.6. The van der Waals surface area contributed by atoms with Gasteiger partial charge in [-0.3, -0.25) is 18.7 Å². The van der Waals surface area contributed by atoms with Crippen LogP contribution in [0.25, 0.3) is 32.3 Å². The summed E-state index contributed by atoms with van der Waals surface area (Å²) >= 11 is 1.42. The molecule has 84 heavy (non-hydrogen) atoms. The third-order valence-electron chi connectivity index (χ3n) is 11.3. The van der Waals surface area contributed by atoms with E-state index in [4.69, 9.17) is 31.0 Å². The van der Waals surface area contributed by atoms with Crippen LogP contribution in [-0.2, 0) is 58.5 Å². The second kappa shape index (κ2) is 27.3. The summed E-state index contributed by atoms with van der Waals surface area (Å²) in [4.78, 5) is 2.75. The number of phenols is 3. The number of aromatic hydroxyl groups is 3. The molecule has 0 unspecified atom stereocenters. The second-order valence-corrected chi connectivity index (χ2v) is 22.8. The number of aryl methyl sites for hydroxylation is 1. The number of ether oxygens (including phenoxy) is 2. The smallest absolute Gasteiger partial charge is 0.296 e. The number of nitrogens with zero attached hydrogens (tertiary/aromatic N) is 7. The number of aliphatic imine (C=N–C) groups is 1. The Balaban J connectivity index is 0.000000284. The van der Waals surface area contributed by atoms with Crippen molar-refractivity contribution in [3.63, 3.8) is 0 Å². The summed E-state index contributed by atoms with van der Waals surface area (Å²) in [5.74, 6) is -1.18. The Labute approximate surface area is 485 Å². The zero-order valence-corrected chi connectivity index (χ0v) is 47.6. The molecule has 0 aliphatic rings. The van der Waals surface area contributed by atoms with Gasteiger partial charge in [0.15, 0.2) is 17.2 Å². The lowest BCUT2D eigenvalue weighted by molar-refractivity contribution is -0.432. The van der Waals surface area contributed by atoms with E-state index in [1.54, 1.807) is 43.3 Å². The molecular formula is C47H40N8O23S6. The molecular weight excluding hydrogens is 1240 g/mol. The molecule has 0 radical (unpaired) electrons. The van der Waals surface area contributed by atoms with Gasteiger partial charge in [0, 0.05) is 30.1 Å². The number of hydrogen-bond donors (Lipinski definition) is 10. The first-order valence-electron chi connectivity index (χ1n) is 22.5. The van der Waals surface area contributed by atoms with Crippen molar-refractivity contribution in [1.29, 1.82) is 0 Å². The van der Waals surface area contributed by atoms with E-state index in [0.29, 0.717) is 68.5 Å². The minimum Gasteiger partial charge on any atom is -0.505 e. The minimum absolute atomic E-state index is 0.0180. The van der Waals surface area contributed by atoms with E-state index in [9.17, 15) is 54.2 Å². The number of azo groups is 3. The summed E-state index contributed by atoms with van der Waals surface area (Å²) in [5.41, 5.74) is 5.80. The molecule has 31 nitrogen and oxygen atoms in total. The number of phenolic OH excluding ortho intramolecular Hbond substituents is 3. The van der Waals surface area contributed by atoms with Gasteiger partial charge < -0.3 is 30.5 Å². The zero-order chi connectivity index (χ0) is 61.3. The maximum Gasteiger partial charge on any atom is 0.296 e. The van der Waals surface area contributed by atoms with Gasteiger partial charge in [0.25, 0.3) is 30.4 Å². The number of fused-ring (bicyclic) bond motifs is 3. The highest BCUT2D eigenvalue weighted by Crippen LogP contribution is 2.50. The third-order valence-corrected chi connectivity index (χ3v) is 15.8. The zero-order valence-electron chi connectivity index (χ0n) is 42.7. The van der Waals surface area contributed by atoms with E-state index < -0.39 is 73.7 Å². The lowest BCUT2D eigenvalue weighted by Gasteiger charge is -2.14. The number of rotatable bonds is 21. The highest BCUT2D eigenvalue weighted by Gasteiger charge is 2.27. The fourth-order valence-electron chi connectivity index (χ4n) is 7.65. The Morgan fingerprint density at radius 1 is 0.500 bits per heavy atom. The van der Waals surface area contributed by atoms with E-state index in [1.807, 2.05) is 0 Å². The van der Waals surface area contributed by atoms with E-state index in [2.05, 4.69) is 63.8 Å². The first-order valence-corrected chi connectivity index (χ1v) is 29.0. The number of benzene rings is 8. The molecule has 0 fully saturated rings. The molecule has 8 rings (SSSR count). The van der Waals surface area contributed by atoms with Crippen LogP contribution < -0.4 is 15.2 Å². The highest BCUT2D eigenvalue weighted by atomic mass is 32.2. The molecule has 0 amide bonds. The third kappa shape index (κ3) is 14.8. The van der Waals surface area contributed by atoms with Crippen molar-refractivity contribution >= 4 is 145 Å². The van der Waals surface area contributed by atoms with Crippen LogP contribution in [0.2, 0.25) is 0 Å². The van der Waals surface area contributed by atoms with Crippen molar-refractivity contribution in [3.8, 4) is 28.7 Å². The predicted octanol–water partition coefficient (Wildman–Crippen LogP) is 12.2. The van der Waals surface area contributed by atoms with Crippen LogP contribution in [0.1, 0.15) is 11.1 Å². The molecule has 11 N–H and O–H groups in total. The molecule has 0 aliphatic heterocycles. The van der Waals surface area contributed by atoms with Gasteiger partial charge in [0.2, 0.25) is 0 Å². The normalized spacial score (nSPS) is 12.4. The number of nitrogen functional groups attached to an aromatic ring is 1. The first kappa shape index (κ1) is 63.8. The van der Waals surface area contributed by atoms with Crippen molar-refractivity contribution in [2.24, 2.45) is 35.7 Å². The van der Waals surface area contributed by atoms with Gasteiger partial charge in [-0.25, -0.2) is 15.8 Å². The first-order chi connectivity index (χ1) is 39.9. The van der Waals surface area contributed by atoms with Crippen LogP contribution in [0.4, 0.5) is 39.8 Å². The predicted molar refractivity (Wildman–Crippen MR) is 299 cm³/mol. The number of methoxy groups -OCH3 is 2. The summed E-state index contributed by atoms with van der Waals surface area (Å²) in [6.45, 7) is 1.80. The summed E-state index contributed by atoms with van der Waals surface area (Å²) in [5, 5.41) is 93.9. The van der Waals surface area contributed by atoms with Gasteiger partial charge in [0.1, 0.15) is 60.3 Å². The van der Waals surface area contributed by atoms with Crippen LogP contribution in [0.5, 0.6) is 28.7 Å². The van der Waals surface area contributed by atoms with E-state index in [1.165, 1.54) is 76.0 Å². The highest BCUT2D eigenvalue weighted by molar-refractivity contribution is 7.95. The van der Waals surface area contributed by atoms with Crippen molar-refractivity contribution in [2.45, 2.75) is 36.3 Å². The Morgan fingerprint density at radius 2 is 1.02 bits per heavy atom. The molecule has 8 aromatic rings. The van der Waals surface area contributed by atoms with Gasteiger partial charge >= 0.3 is 0 Å². The molecule has 8 aromatic carbocycles. The largest absolute Gasteiger partial charge is 0.505 e. The summed E-state index contributed by atoms with van der Waals surface area (Å²) in [7, 11) is -10.5. The van der Waals surface area contributed by atoms with Gasteiger partial charge in [-0.2, -0.15) is 35.5 Å². The standard InChI is InChI=1S/C29H24N6O15S4.C18H16N2O8S2/c1-31-34-27-22(54(43,44)45)10-15-9-19(51-49-47-38)25(24(30)23(15)29(27)37)32-12-13-3-4-14-8-20(52-50-48-39)26(28(36)17(14)7-13)35-33-18-6-5-16(46-2)11-21(18)53(40,41)42;1-10-3-5-13-11(7-10)8-16(30(23,24)25)17(18(13)21)20-19-14-6-4-12(26-2)9-15(14)29-28-27-22/h3-12,36-39H,30H2,1-2H3,(H,40,41,42)(H,43,44,45);3-9,21-22H,1-2H3,(H,23,24,25). The molecule has 0 aliphatic carbocycles. The minimum atomic E-state index is -4.91. The average molecular weight is 1280 g/mol. The maximum absolute atomic E-state index is 12.1. The van der Waals surface area contributed by atoms with Crippen LogP contribution in [-0.4, -0.2) is 97.5 Å². The maximum atomic E-state index is 12.1. The Hall–Kier alpha value is -7.77. The molecule has 0 saturated carbocycles. The fraction of sp³-hybridized carbons (Fsp3) is 0.0851. The molecule has 0 spiro atoms. The molecule has 442 valence electrons. The summed E-state index contributed by atoms with van der Waals surface area (Å²) in [6.07, 6.45) is 1.28.